The first-order chi connectivity index (χ1) is 9.49. The largest absolute Gasteiger partial charge is 0.481 e. The molecular formula is C13H16ClFN2O3. The molecule has 7 heteroatoms. The van der Waals surface area contributed by atoms with E-state index in [1.807, 2.05) is 0 Å². The second-order valence-corrected chi connectivity index (χ2v) is 4.62. The number of aliphatic carboxylic acids is 1. The quantitative estimate of drug-likeness (QED) is 0.677. The van der Waals surface area contributed by atoms with Gasteiger partial charge in [-0.1, -0.05) is 17.7 Å². The van der Waals surface area contributed by atoms with Crippen LogP contribution in [0.2, 0.25) is 5.02 Å². The third kappa shape index (κ3) is 6.38. The van der Waals surface area contributed by atoms with Gasteiger partial charge in [0.2, 0.25) is 0 Å². The second-order valence-electron chi connectivity index (χ2n) is 4.21. The van der Waals surface area contributed by atoms with E-state index in [-0.39, 0.29) is 24.0 Å². The van der Waals surface area contributed by atoms with E-state index < -0.39 is 11.8 Å². The van der Waals surface area contributed by atoms with E-state index in [0.29, 0.717) is 24.9 Å². The van der Waals surface area contributed by atoms with Crippen molar-refractivity contribution in [2.45, 2.75) is 25.8 Å². The molecule has 1 aromatic carbocycles. The number of rotatable bonds is 7. The topological polar surface area (TPSA) is 78.4 Å². The van der Waals surface area contributed by atoms with E-state index in [2.05, 4.69) is 10.6 Å². The van der Waals surface area contributed by atoms with E-state index in [1.54, 1.807) is 0 Å². The van der Waals surface area contributed by atoms with Crippen LogP contribution in [0.15, 0.2) is 18.2 Å². The van der Waals surface area contributed by atoms with Crippen LogP contribution < -0.4 is 10.6 Å². The van der Waals surface area contributed by atoms with E-state index in [9.17, 15) is 14.0 Å². The maximum atomic E-state index is 12.9. The highest BCUT2D eigenvalue weighted by molar-refractivity contribution is 6.30. The Kier molecular flexibility index (Phi) is 6.79. The normalized spacial score (nSPS) is 10.1. The number of hydrogen-bond acceptors (Lipinski definition) is 2. The van der Waals surface area contributed by atoms with Gasteiger partial charge in [-0.05, 0) is 30.5 Å². The van der Waals surface area contributed by atoms with Gasteiger partial charge in [0.05, 0.1) is 5.02 Å². The summed E-state index contributed by atoms with van der Waals surface area (Å²) >= 11 is 5.62. The summed E-state index contributed by atoms with van der Waals surface area (Å²) < 4.78 is 12.9. The van der Waals surface area contributed by atoms with Gasteiger partial charge in [-0.3, -0.25) is 4.79 Å². The molecule has 2 amide bonds. The van der Waals surface area contributed by atoms with Crippen molar-refractivity contribution in [1.29, 1.82) is 0 Å². The molecule has 20 heavy (non-hydrogen) atoms. The van der Waals surface area contributed by atoms with Gasteiger partial charge in [0.25, 0.3) is 0 Å². The van der Waals surface area contributed by atoms with Crippen LogP contribution in [-0.2, 0) is 11.3 Å². The lowest BCUT2D eigenvalue weighted by atomic mass is 10.2. The molecule has 1 rings (SSSR count). The Labute approximate surface area is 121 Å². The number of benzene rings is 1. The first-order valence-corrected chi connectivity index (χ1v) is 6.54. The molecule has 0 fully saturated rings. The van der Waals surface area contributed by atoms with Gasteiger partial charge in [0.15, 0.2) is 0 Å². The minimum Gasteiger partial charge on any atom is -0.481 e. The van der Waals surface area contributed by atoms with Crippen molar-refractivity contribution < 1.29 is 19.1 Å². The lowest BCUT2D eigenvalue weighted by Gasteiger charge is -2.07. The molecule has 5 nitrogen and oxygen atoms in total. The third-order valence-corrected chi connectivity index (χ3v) is 2.83. The number of urea groups is 1. The summed E-state index contributed by atoms with van der Waals surface area (Å²) in [4.78, 5) is 21.7. The monoisotopic (exact) mass is 302 g/mol. The maximum Gasteiger partial charge on any atom is 0.315 e. The van der Waals surface area contributed by atoms with Crippen molar-refractivity contribution in [3.63, 3.8) is 0 Å². The first kappa shape index (κ1) is 16.2. The summed E-state index contributed by atoms with van der Waals surface area (Å²) in [7, 11) is 0. The number of amides is 2. The van der Waals surface area contributed by atoms with Crippen LogP contribution >= 0.6 is 11.6 Å². The zero-order valence-corrected chi connectivity index (χ0v) is 11.5. The molecule has 0 aliphatic rings. The molecule has 3 N–H and O–H groups in total. The molecule has 110 valence electrons. The molecule has 1 aromatic rings. The van der Waals surface area contributed by atoms with Gasteiger partial charge in [0, 0.05) is 19.5 Å². The summed E-state index contributed by atoms with van der Waals surface area (Å²) in [6.45, 7) is 0.643. The molecule has 0 unspecified atom stereocenters. The van der Waals surface area contributed by atoms with E-state index >= 15 is 0 Å². The van der Waals surface area contributed by atoms with Crippen LogP contribution in [0.25, 0.3) is 0 Å². The average molecular weight is 303 g/mol. The second kappa shape index (κ2) is 8.37. The summed E-state index contributed by atoms with van der Waals surface area (Å²) in [5.41, 5.74) is 0.692. The molecule has 0 radical (unpaired) electrons. The van der Waals surface area contributed by atoms with Crippen molar-refractivity contribution in [1.82, 2.24) is 10.6 Å². The first-order valence-electron chi connectivity index (χ1n) is 6.16. The lowest BCUT2D eigenvalue weighted by molar-refractivity contribution is -0.137. The standard InChI is InChI=1S/C13H16ClFN2O3/c14-10-7-9(4-5-11(10)15)8-17-13(20)16-6-2-1-3-12(18)19/h4-5,7H,1-3,6,8H2,(H,18,19)(H2,16,17,20). The fourth-order valence-electron chi connectivity index (χ4n) is 1.50. The van der Waals surface area contributed by atoms with Crippen LogP contribution in [0.4, 0.5) is 9.18 Å². The minimum absolute atomic E-state index is 0.0124. The van der Waals surface area contributed by atoms with Crippen LogP contribution in [0.5, 0.6) is 0 Å². The van der Waals surface area contributed by atoms with Crippen LogP contribution in [0.3, 0.4) is 0 Å². The van der Waals surface area contributed by atoms with Crippen LogP contribution in [0, 0.1) is 5.82 Å². The third-order valence-electron chi connectivity index (χ3n) is 2.54. The Hall–Kier alpha value is -1.82. The van der Waals surface area contributed by atoms with Crippen molar-refractivity contribution in [2.75, 3.05) is 6.54 Å². The van der Waals surface area contributed by atoms with Crippen molar-refractivity contribution in [3.8, 4) is 0 Å². The highest BCUT2D eigenvalue weighted by Gasteiger charge is 2.03. The van der Waals surface area contributed by atoms with Gasteiger partial charge < -0.3 is 15.7 Å². The number of carboxylic acid groups (broad SMARTS) is 1. The Morgan fingerprint density at radius 2 is 2.00 bits per heavy atom. The number of carbonyl (C=O) groups excluding carboxylic acids is 1. The molecular weight excluding hydrogens is 287 g/mol. The van der Waals surface area contributed by atoms with Crippen molar-refractivity contribution >= 4 is 23.6 Å². The molecule has 0 saturated heterocycles. The van der Waals surface area contributed by atoms with Gasteiger partial charge in [-0.25, -0.2) is 9.18 Å². The van der Waals surface area contributed by atoms with Gasteiger partial charge in [-0.15, -0.1) is 0 Å². The molecule has 0 heterocycles. The molecule has 0 atom stereocenters. The number of halogens is 2. The lowest BCUT2D eigenvalue weighted by Crippen LogP contribution is -2.35. The Morgan fingerprint density at radius 1 is 1.25 bits per heavy atom. The fraction of sp³-hybridized carbons (Fsp3) is 0.385. The number of unbranched alkanes of at least 4 members (excludes halogenated alkanes) is 1. The Bertz CT molecular complexity index is 483. The van der Waals surface area contributed by atoms with E-state index in [4.69, 9.17) is 16.7 Å². The average Bonchev–Trinajstić information content (AvgIpc) is 2.39. The van der Waals surface area contributed by atoms with Gasteiger partial charge in [0.1, 0.15) is 5.82 Å². The van der Waals surface area contributed by atoms with Crippen molar-refractivity contribution in [3.05, 3.63) is 34.6 Å². The van der Waals surface area contributed by atoms with E-state index in [0.717, 1.165) is 0 Å². The van der Waals surface area contributed by atoms with Crippen molar-refractivity contribution in [2.24, 2.45) is 0 Å². The zero-order valence-electron chi connectivity index (χ0n) is 10.8. The zero-order chi connectivity index (χ0) is 15.0. The van der Waals surface area contributed by atoms with Gasteiger partial charge >= 0.3 is 12.0 Å². The number of carbonyl (C=O) groups is 2. The SMILES string of the molecule is O=C(O)CCCCNC(=O)NCc1ccc(F)c(Cl)c1. The molecule has 0 aliphatic carbocycles. The fourth-order valence-corrected chi connectivity index (χ4v) is 1.70. The summed E-state index contributed by atoms with van der Waals surface area (Å²) in [5.74, 6) is -1.35. The smallest absolute Gasteiger partial charge is 0.315 e. The molecule has 0 aliphatic heterocycles. The molecule has 0 aromatic heterocycles. The summed E-state index contributed by atoms with van der Waals surface area (Å²) in [6, 6.07) is 3.86. The minimum atomic E-state index is -0.845. The predicted molar refractivity (Wildman–Crippen MR) is 73.1 cm³/mol. The number of carboxylic acids is 1. The van der Waals surface area contributed by atoms with E-state index in [1.165, 1.54) is 18.2 Å². The highest BCUT2D eigenvalue weighted by atomic mass is 35.5. The summed E-state index contributed by atoms with van der Waals surface area (Å²) in [6.07, 6.45) is 1.21. The predicted octanol–water partition coefficient (Wildman–Crippen LogP) is 2.53. The number of nitrogens with one attached hydrogen (secondary N) is 2. The van der Waals surface area contributed by atoms with Crippen LogP contribution in [0.1, 0.15) is 24.8 Å². The summed E-state index contributed by atoms with van der Waals surface area (Å²) in [5, 5.41) is 13.6. The molecule has 0 saturated carbocycles. The van der Waals surface area contributed by atoms with Gasteiger partial charge in [-0.2, -0.15) is 0 Å². The number of hydrogen-bond donors (Lipinski definition) is 3. The highest BCUT2D eigenvalue weighted by Crippen LogP contribution is 2.15. The molecule has 0 bridgehead atoms. The maximum absolute atomic E-state index is 12.9. The Morgan fingerprint density at radius 3 is 2.65 bits per heavy atom. The molecule has 0 spiro atoms. The van der Waals surface area contributed by atoms with Crippen LogP contribution in [-0.4, -0.2) is 23.7 Å². The Balaban J connectivity index is 2.19.